The molecule has 0 unspecified atom stereocenters. The number of anilines is 1. The number of aromatic carboxylic acids is 1. The Morgan fingerprint density at radius 1 is 1.32 bits per heavy atom. The number of carboxylic acid groups (broad SMARTS) is 1. The Balaban J connectivity index is 2.14. The molecule has 22 heavy (non-hydrogen) atoms. The van der Waals surface area contributed by atoms with E-state index in [2.05, 4.69) is 21.2 Å². The van der Waals surface area contributed by atoms with Crippen LogP contribution >= 0.6 is 27.3 Å². The lowest BCUT2D eigenvalue weighted by molar-refractivity contribution is -0.112. The lowest BCUT2D eigenvalue weighted by Crippen LogP contribution is -2.13. The molecule has 110 valence electrons. The van der Waals surface area contributed by atoms with Gasteiger partial charge in [0, 0.05) is 5.69 Å². The molecule has 0 aliphatic rings. The summed E-state index contributed by atoms with van der Waals surface area (Å²) in [6.45, 7) is 0. The van der Waals surface area contributed by atoms with E-state index in [1.165, 1.54) is 41.7 Å². The fourth-order valence-corrected chi connectivity index (χ4v) is 2.74. The van der Waals surface area contributed by atoms with E-state index in [-0.39, 0.29) is 11.1 Å². The van der Waals surface area contributed by atoms with Gasteiger partial charge in [-0.05, 0) is 63.3 Å². The number of carbonyl (C=O) groups excluding carboxylic acids is 1. The van der Waals surface area contributed by atoms with Gasteiger partial charge in [-0.25, -0.2) is 4.79 Å². The van der Waals surface area contributed by atoms with Gasteiger partial charge in [-0.2, -0.15) is 5.26 Å². The minimum Gasteiger partial charge on any atom is -0.478 e. The molecule has 0 spiro atoms. The van der Waals surface area contributed by atoms with Crippen LogP contribution in [0.1, 0.15) is 15.9 Å². The summed E-state index contributed by atoms with van der Waals surface area (Å²) in [6, 6.07) is 9.35. The number of nitrogens with one attached hydrogen (secondary N) is 1. The van der Waals surface area contributed by atoms with E-state index in [1.54, 1.807) is 6.07 Å². The van der Waals surface area contributed by atoms with Gasteiger partial charge in [0.25, 0.3) is 5.91 Å². The van der Waals surface area contributed by atoms with Crippen LogP contribution in [0.15, 0.2) is 45.1 Å². The molecule has 0 bridgehead atoms. The van der Waals surface area contributed by atoms with Gasteiger partial charge in [-0.3, -0.25) is 4.79 Å². The van der Waals surface area contributed by atoms with Crippen LogP contribution in [0.25, 0.3) is 6.08 Å². The molecule has 0 saturated heterocycles. The fraction of sp³-hybridized carbons (Fsp3) is 0. The van der Waals surface area contributed by atoms with E-state index in [0.717, 1.165) is 9.35 Å². The molecular weight excluding hydrogens is 368 g/mol. The number of carbonyl (C=O) groups is 2. The van der Waals surface area contributed by atoms with Gasteiger partial charge >= 0.3 is 5.97 Å². The predicted molar refractivity (Wildman–Crippen MR) is 87.6 cm³/mol. The number of nitriles is 1. The minimum absolute atomic E-state index is 0.0346. The molecule has 1 aromatic carbocycles. The van der Waals surface area contributed by atoms with Crippen molar-refractivity contribution < 1.29 is 14.7 Å². The summed E-state index contributed by atoms with van der Waals surface area (Å²) in [4.78, 5) is 22.8. The van der Waals surface area contributed by atoms with Crippen molar-refractivity contribution in [3.63, 3.8) is 0 Å². The molecule has 2 rings (SSSR count). The van der Waals surface area contributed by atoms with Crippen LogP contribution in [0.2, 0.25) is 0 Å². The first-order valence-corrected chi connectivity index (χ1v) is 7.67. The van der Waals surface area contributed by atoms with Crippen molar-refractivity contribution in [3.05, 3.63) is 56.2 Å². The standard InChI is InChI=1S/C15H9BrN2O3S/c16-13-6-9(8-22-13)5-11(7-17)14(19)18-12-3-1-10(2-4-12)15(20)21/h1-6,8H,(H,18,19)(H,20,21). The maximum Gasteiger partial charge on any atom is 0.335 e. The summed E-state index contributed by atoms with van der Waals surface area (Å²) in [5, 5.41) is 22.3. The van der Waals surface area contributed by atoms with Crippen LogP contribution in [0, 0.1) is 11.3 Å². The van der Waals surface area contributed by atoms with E-state index >= 15 is 0 Å². The Morgan fingerprint density at radius 2 is 2.00 bits per heavy atom. The maximum atomic E-state index is 12.0. The Kier molecular flexibility index (Phi) is 5.09. The quantitative estimate of drug-likeness (QED) is 0.627. The van der Waals surface area contributed by atoms with Crippen LogP contribution in [-0.4, -0.2) is 17.0 Å². The number of hydrogen-bond acceptors (Lipinski definition) is 4. The molecule has 0 atom stereocenters. The highest BCUT2D eigenvalue weighted by Crippen LogP contribution is 2.22. The van der Waals surface area contributed by atoms with Crippen molar-refractivity contribution in [1.29, 1.82) is 5.26 Å². The average molecular weight is 377 g/mol. The summed E-state index contributed by atoms with van der Waals surface area (Å²) in [5.41, 5.74) is 1.26. The Hall–Kier alpha value is -2.43. The van der Waals surface area contributed by atoms with Gasteiger partial charge in [0.2, 0.25) is 0 Å². The first-order valence-electron chi connectivity index (χ1n) is 6.00. The molecule has 7 heteroatoms. The maximum absolute atomic E-state index is 12.0. The van der Waals surface area contributed by atoms with Crippen molar-refractivity contribution in [1.82, 2.24) is 0 Å². The highest BCUT2D eigenvalue weighted by molar-refractivity contribution is 9.11. The lowest BCUT2D eigenvalue weighted by Gasteiger charge is -2.04. The van der Waals surface area contributed by atoms with Crippen LogP contribution < -0.4 is 5.32 Å². The van der Waals surface area contributed by atoms with Gasteiger partial charge in [0.1, 0.15) is 11.6 Å². The zero-order valence-corrected chi connectivity index (χ0v) is 13.4. The normalized spacial score (nSPS) is 10.8. The molecule has 0 aliphatic heterocycles. The topological polar surface area (TPSA) is 90.2 Å². The number of halogens is 1. The van der Waals surface area contributed by atoms with Crippen molar-refractivity contribution in [2.45, 2.75) is 0 Å². The highest BCUT2D eigenvalue weighted by atomic mass is 79.9. The predicted octanol–water partition coefficient (Wildman–Crippen LogP) is 3.75. The van der Waals surface area contributed by atoms with Crippen LogP contribution in [-0.2, 0) is 4.79 Å². The highest BCUT2D eigenvalue weighted by Gasteiger charge is 2.10. The van der Waals surface area contributed by atoms with Crippen LogP contribution in [0.4, 0.5) is 5.69 Å². The monoisotopic (exact) mass is 376 g/mol. The zero-order valence-electron chi connectivity index (χ0n) is 11.0. The summed E-state index contributed by atoms with van der Waals surface area (Å²) in [6.07, 6.45) is 1.49. The Bertz CT molecular complexity index is 788. The molecule has 1 amide bonds. The third-order valence-electron chi connectivity index (χ3n) is 2.65. The molecule has 5 nitrogen and oxygen atoms in total. The second-order valence-electron chi connectivity index (χ2n) is 4.19. The van der Waals surface area contributed by atoms with Gasteiger partial charge in [-0.15, -0.1) is 11.3 Å². The van der Waals surface area contributed by atoms with Crippen LogP contribution in [0.3, 0.4) is 0 Å². The zero-order chi connectivity index (χ0) is 16.1. The van der Waals surface area contributed by atoms with E-state index in [9.17, 15) is 9.59 Å². The van der Waals surface area contributed by atoms with Crippen molar-refractivity contribution in [3.8, 4) is 6.07 Å². The SMILES string of the molecule is N#CC(=Cc1csc(Br)c1)C(=O)Nc1ccc(C(=O)O)cc1. The molecular formula is C15H9BrN2O3S. The Labute approximate surface area is 138 Å². The molecule has 1 aromatic heterocycles. The molecule has 0 aliphatic carbocycles. The van der Waals surface area contributed by atoms with Crippen LogP contribution in [0.5, 0.6) is 0 Å². The molecule has 0 radical (unpaired) electrons. The smallest absolute Gasteiger partial charge is 0.335 e. The molecule has 2 aromatic rings. The van der Waals surface area contributed by atoms with Gasteiger partial charge < -0.3 is 10.4 Å². The fourth-order valence-electron chi connectivity index (χ4n) is 1.61. The van der Waals surface area contributed by atoms with Crippen molar-refractivity contribution in [2.75, 3.05) is 5.32 Å². The third-order valence-corrected chi connectivity index (χ3v) is 4.18. The van der Waals surface area contributed by atoms with Crippen molar-refractivity contribution >= 4 is 50.9 Å². The van der Waals surface area contributed by atoms with E-state index in [1.807, 2.05) is 11.4 Å². The number of thiophene rings is 1. The Morgan fingerprint density at radius 3 is 2.50 bits per heavy atom. The largest absolute Gasteiger partial charge is 0.478 e. The minimum atomic E-state index is -1.04. The molecule has 2 N–H and O–H groups in total. The molecule has 0 fully saturated rings. The summed E-state index contributed by atoms with van der Waals surface area (Å²) < 4.78 is 0.903. The molecule has 1 heterocycles. The number of hydrogen-bond donors (Lipinski definition) is 2. The number of carboxylic acids is 1. The lowest BCUT2D eigenvalue weighted by atomic mass is 10.1. The first-order chi connectivity index (χ1) is 10.5. The number of amides is 1. The number of nitrogens with zero attached hydrogens (tertiary/aromatic N) is 1. The number of benzene rings is 1. The number of rotatable bonds is 4. The van der Waals surface area contributed by atoms with Gasteiger partial charge in [0.15, 0.2) is 0 Å². The molecule has 0 saturated carbocycles. The van der Waals surface area contributed by atoms with Crippen molar-refractivity contribution in [2.24, 2.45) is 0 Å². The summed E-state index contributed by atoms with van der Waals surface area (Å²) in [7, 11) is 0. The van der Waals surface area contributed by atoms with E-state index in [0.29, 0.717) is 5.69 Å². The van der Waals surface area contributed by atoms with Gasteiger partial charge in [-0.1, -0.05) is 0 Å². The van der Waals surface area contributed by atoms with E-state index < -0.39 is 11.9 Å². The second-order valence-corrected chi connectivity index (χ2v) is 6.48. The first kappa shape index (κ1) is 15.9. The summed E-state index contributed by atoms with van der Waals surface area (Å²) >= 11 is 4.76. The third kappa shape index (κ3) is 4.04. The van der Waals surface area contributed by atoms with E-state index in [4.69, 9.17) is 10.4 Å². The second kappa shape index (κ2) is 7.02. The van der Waals surface area contributed by atoms with Gasteiger partial charge in [0.05, 0.1) is 9.35 Å². The summed E-state index contributed by atoms with van der Waals surface area (Å²) in [5.74, 6) is -1.59. The average Bonchev–Trinajstić information content (AvgIpc) is 2.90.